The summed E-state index contributed by atoms with van der Waals surface area (Å²) in [6.45, 7) is 0. The zero-order chi connectivity index (χ0) is 13.4. The quantitative estimate of drug-likeness (QED) is 0.498. The molecule has 0 atom stereocenters. The van der Waals surface area contributed by atoms with Crippen LogP contribution in [-0.2, 0) is 6.42 Å². The number of rotatable bonds is 2. The van der Waals surface area contributed by atoms with E-state index < -0.39 is 0 Å². The average molecular weight is 257 g/mol. The molecule has 0 amide bonds. The van der Waals surface area contributed by atoms with Crippen molar-refractivity contribution in [2.75, 3.05) is 0 Å². The summed E-state index contributed by atoms with van der Waals surface area (Å²) < 4.78 is 6.03. The monoisotopic (exact) mass is 257 g/mol. The zero-order valence-corrected chi connectivity index (χ0v) is 11.0. The lowest BCUT2D eigenvalue weighted by molar-refractivity contribution is 0.478. The molecule has 3 aromatic rings. The Kier molecular flexibility index (Phi) is 2.56. The largest absolute Gasteiger partial charge is 0.457 e. The predicted molar refractivity (Wildman–Crippen MR) is 80.0 cm³/mol. The molecule has 0 saturated heterocycles. The molecule has 0 saturated carbocycles. The van der Waals surface area contributed by atoms with E-state index in [0.717, 1.165) is 17.9 Å². The molecule has 95 valence electrons. The molecular weight excluding hydrogens is 244 g/mol. The Morgan fingerprint density at radius 3 is 2.50 bits per heavy atom. The van der Waals surface area contributed by atoms with E-state index in [4.69, 9.17) is 4.74 Å². The van der Waals surface area contributed by atoms with Crippen molar-refractivity contribution >= 4 is 0 Å². The third-order valence-electron chi connectivity index (χ3n) is 3.72. The lowest BCUT2D eigenvalue weighted by Gasteiger charge is -2.10. The van der Waals surface area contributed by atoms with Crippen molar-refractivity contribution in [3.63, 3.8) is 0 Å². The second-order valence-corrected chi connectivity index (χ2v) is 4.95. The van der Waals surface area contributed by atoms with Gasteiger partial charge in [0.25, 0.3) is 0 Å². The number of hydrogen-bond acceptors (Lipinski definition) is 1. The SMILES string of the molecule is [c]1ccc(Oc2cccc3c2Cc2ccccc2-3)cc1. The number of benzene rings is 3. The highest BCUT2D eigenvalue weighted by Gasteiger charge is 2.21. The molecule has 0 bridgehead atoms. The Hall–Kier alpha value is -2.54. The minimum Gasteiger partial charge on any atom is -0.457 e. The first-order valence-electron chi connectivity index (χ1n) is 6.76. The predicted octanol–water partition coefficient (Wildman–Crippen LogP) is 4.85. The Bertz CT molecular complexity index is 760. The third-order valence-corrected chi connectivity index (χ3v) is 3.72. The molecule has 0 fully saturated rings. The summed E-state index contributed by atoms with van der Waals surface area (Å²) in [5.74, 6) is 1.80. The molecule has 0 heterocycles. The van der Waals surface area contributed by atoms with E-state index in [9.17, 15) is 0 Å². The lowest BCUT2D eigenvalue weighted by atomic mass is 10.1. The molecule has 3 aromatic carbocycles. The average Bonchev–Trinajstić information content (AvgIpc) is 2.88. The summed E-state index contributed by atoms with van der Waals surface area (Å²) in [4.78, 5) is 0. The van der Waals surface area contributed by atoms with Crippen LogP contribution in [0.2, 0.25) is 0 Å². The molecule has 0 N–H and O–H groups in total. The molecule has 1 heteroatoms. The van der Waals surface area contributed by atoms with Crippen molar-refractivity contribution in [1.82, 2.24) is 0 Å². The molecule has 1 aliphatic rings. The third kappa shape index (κ3) is 1.79. The van der Waals surface area contributed by atoms with E-state index in [0.29, 0.717) is 0 Å². The Morgan fingerprint density at radius 1 is 0.800 bits per heavy atom. The maximum absolute atomic E-state index is 6.03. The van der Waals surface area contributed by atoms with E-state index in [1.165, 1.54) is 22.3 Å². The normalized spacial score (nSPS) is 11.8. The van der Waals surface area contributed by atoms with E-state index >= 15 is 0 Å². The van der Waals surface area contributed by atoms with Crippen LogP contribution in [0.4, 0.5) is 0 Å². The highest BCUT2D eigenvalue weighted by atomic mass is 16.5. The van der Waals surface area contributed by atoms with Gasteiger partial charge in [-0.15, -0.1) is 0 Å². The van der Waals surface area contributed by atoms with Crippen LogP contribution in [-0.4, -0.2) is 0 Å². The second kappa shape index (κ2) is 4.53. The summed E-state index contributed by atoms with van der Waals surface area (Å²) in [6.07, 6.45) is 0.945. The molecule has 1 radical (unpaired) electrons. The molecule has 0 unspecified atom stereocenters. The smallest absolute Gasteiger partial charge is 0.131 e. The van der Waals surface area contributed by atoms with Crippen LogP contribution in [0.15, 0.2) is 66.7 Å². The van der Waals surface area contributed by atoms with Crippen molar-refractivity contribution in [3.05, 3.63) is 83.9 Å². The lowest BCUT2D eigenvalue weighted by Crippen LogP contribution is -1.90. The van der Waals surface area contributed by atoms with Crippen LogP contribution in [0.1, 0.15) is 11.1 Å². The summed E-state index contributed by atoms with van der Waals surface area (Å²) in [5, 5.41) is 0. The highest BCUT2D eigenvalue weighted by molar-refractivity contribution is 5.79. The minimum absolute atomic E-state index is 0.855. The molecule has 0 spiro atoms. The molecule has 1 nitrogen and oxygen atoms in total. The van der Waals surface area contributed by atoms with Crippen molar-refractivity contribution < 1.29 is 4.74 Å². The zero-order valence-electron chi connectivity index (χ0n) is 11.0. The van der Waals surface area contributed by atoms with Gasteiger partial charge >= 0.3 is 0 Å². The summed E-state index contributed by atoms with van der Waals surface area (Å²) in [7, 11) is 0. The van der Waals surface area contributed by atoms with Crippen molar-refractivity contribution in [2.24, 2.45) is 0 Å². The van der Waals surface area contributed by atoms with Crippen LogP contribution in [0.3, 0.4) is 0 Å². The van der Waals surface area contributed by atoms with Gasteiger partial charge in [0.15, 0.2) is 0 Å². The van der Waals surface area contributed by atoms with E-state index in [-0.39, 0.29) is 0 Å². The number of hydrogen-bond donors (Lipinski definition) is 0. The Labute approximate surface area is 118 Å². The van der Waals surface area contributed by atoms with Crippen LogP contribution >= 0.6 is 0 Å². The van der Waals surface area contributed by atoms with Crippen molar-refractivity contribution in [3.8, 4) is 22.6 Å². The van der Waals surface area contributed by atoms with Gasteiger partial charge in [-0.05, 0) is 41.0 Å². The van der Waals surface area contributed by atoms with Gasteiger partial charge in [-0.1, -0.05) is 48.5 Å². The van der Waals surface area contributed by atoms with Gasteiger partial charge in [-0.25, -0.2) is 0 Å². The first-order valence-corrected chi connectivity index (χ1v) is 6.76. The fraction of sp³-hybridized carbons (Fsp3) is 0.0526. The van der Waals surface area contributed by atoms with E-state index in [1.54, 1.807) is 0 Å². The van der Waals surface area contributed by atoms with Gasteiger partial charge in [-0.3, -0.25) is 0 Å². The maximum atomic E-state index is 6.03. The molecule has 4 rings (SSSR count). The van der Waals surface area contributed by atoms with Crippen LogP contribution < -0.4 is 4.74 Å². The van der Waals surface area contributed by atoms with Gasteiger partial charge in [0.05, 0.1) is 0 Å². The first kappa shape index (κ1) is 11.3. The topological polar surface area (TPSA) is 9.23 Å². The van der Waals surface area contributed by atoms with Crippen LogP contribution in [0.25, 0.3) is 11.1 Å². The molecule has 20 heavy (non-hydrogen) atoms. The number of ether oxygens (including phenoxy) is 1. The van der Waals surface area contributed by atoms with Gasteiger partial charge in [-0.2, -0.15) is 0 Å². The summed E-state index contributed by atoms with van der Waals surface area (Å²) in [5.41, 5.74) is 5.27. The first-order chi connectivity index (χ1) is 9.92. The molecule has 0 aromatic heterocycles. The van der Waals surface area contributed by atoms with Crippen molar-refractivity contribution in [1.29, 1.82) is 0 Å². The molecule has 1 aliphatic carbocycles. The maximum Gasteiger partial charge on any atom is 0.131 e. The Morgan fingerprint density at radius 2 is 1.60 bits per heavy atom. The van der Waals surface area contributed by atoms with Crippen LogP contribution in [0, 0.1) is 6.07 Å². The Balaban J connectivity index is 1.78. The molecule has 0 aliphatic heterocycles. The van der Waals surface area contributed by atoms with Crippen LogP contribution in [0.5, 0.6) is 11.5 Å². The standard InChI is InChI=1S/C19H13O/c1-2-8-15(9-3-1)20-19-12-6-11-17-16-10-5-4-7-14(16)13-18(17)19/h2-12H,13H2. The van der Waals surface area contributed by atoms with E-state index in [1.807, 2.05) is 30.3 Å². The van der Waals surface area contributed by atoms with Crippen molar-refractivity contribution in [2.45, 2.75) is 6.42 Å². The summed E-state index contributed by atoms with van der Waals surface area (Å²) in [6, 6.07) is 25.4. The number of fused-ring (bicyclic) bond motifs is 3. The minimum atomic E-state index is 0.855. The van der Waals surface area contributed by atoms with Gasteiger partial charge in [0, 0.05) is 12.0 Å². The van der Waals surface area contributed by atoms with Gasteiger partial charge in [0.1, 0.15) is 11.5 Å². The van der Waals surface area contributed by atoms with E-state index in [2.05, 4.69) is 42.5 Å². The second-order valence-electron chi connectivity index (χ2n) is 4.95. The summed E-state index contributed by atoms with van der Waals surface area (Å²) >= 11 is 0. The fourth-order valence-corrected chi connectivity index (χ4v) is 2.79. The fourth-order valence-electron chi connectivity index (χ4n) is 2.79. The van der Waals surface area contributed by atoms with Gasteiger partial charge in [0.2, 0.25) is 0 Å². The highest BCUT2D eigenvalue weighted by Crippen LogP contribution is 2.42. The van der Waals surface area contributed by atoms with Gasteiger partial charge < -0.3 is 4.74 Å². The molecular formula is C19H13O.